The SMILES string of the molecule is CC(NC(=S)Nc1ccc(NC(=O)c2nccc3ccccc23)cc1)c1ccc(C#N)cc1. The van der Waals surface area contributed by atoms with Crippen LogP contribution in [0.1, 0.15) is 34.6 Å². The first-order valence-corrected chi connectivity index (χ1v) is 10.8. The lowest BCUT2D eigenvalue weighted by molar-refractivity contribution is 0.102. The van der Waals surface area contributed by atoms with Crippen LogP contribution in [0.4, 0.5) is 11.4 Å². The Bertz CT molecular complexity index is 1340. The number of carbonyl (C=O) groups is 1. The zero-order valence-corrected chi connectivity index (χ0v) is 18.7. The number of hydrogen-bond acceptors (Lipinski definition) is 4. The molecule has 1 atom stereocenters. The Kier molecular flexibility index (Phi) is 6.58. The maximum atomic E-state index is 12.7. The second kappa shape index (κ2) is 9.90. The van der Waals surface area contributed by atoms with E-state index < -0.39 is 0 Å². The Morgan fingerprint density at radius 3 is 2.30 bits per heavy atom. The summed E-state index contributed by atoms with van der Waals surface area (Å²) in [5, 5.41) is 20.4. The number of nitriles is 1. The van der Waals surface area contributed by atoms with Gasteiger partial charge in [0.1, 0.15) is 5.69 Å². The predicted molar refractivity (Wildman–Crippen MR) is 135 cm³/mol. The van der Waals surface area contributed by atoms with Crippen LogP contribution in [0.3, 0.4) is 0 Å². The second-order valence-electron chi connectivity index (χ2n) is 7.47. The minimum Gasteiger partial charge on any atom is -0.356 e. The molecular formula is C26H21N5OS. The van der Waals surface area contributed by atoms with Gasteiger partial charge in [0.05, 0.1) is 17.7 Å². The lowest BCUT2D eigenvalue weighted by Crippen LogP contribution is -2.30. The van der Waals surface area contributed by atoms with Crippen LogP contribution < -0.4 is 16.0 Å². The monoisotopic (exact) mass is 451 g/mol. The normalized spacial score (nSPS) is 11.3. The molecule has 0 aliphatic carbocycles. The van der Waals surface area contributed by atoms with Gasteiger partial charge in [-0.05, 0) is 72.6 Å². The fourth-order valence-corrected chi connectivity index (χ4v) is 3.72. The number of fused-ring (bicyclic) bond motifs is 1. The first kappa shape index (κ1) is 21.9. The number of nitrogens with zero attached hydrogens (tertiary/aromatic N) is 2. The summed E-state index contributed by atoms with van der Waals surface area (Å²) in [6, 6.07) is 26.3. The third kappa shape index (κ3) is 5.32. The van der Waals surface area contributed by atoms with Crippen LogP contribution in [-0.4, -0.2) is 16.0 Å². The molecule has 33 heavy (non-hydrogen) atoms. The number of hydrogen-bond donors (Lipinski definition) is 3. The highest BCUT2D eigenvalue weighted by molar-refractivity contribution is 7.80. The van der Waals surface area contributed by atoms with Gasteiger partial charge in [0.15, 0.2) is 5.11 Å². The van der Waals surface area contributed by atoms with Crippen LogP contribution in [0.15, 0.2) is 85.1 Å². The summed E-state index contributed by atoms with van der Waals surface area (Å²) in [5.74, 6) is -0.263. The largest absolute Gasteiger partial charge is 0.356 e. The summed E-state index contributed by atoms with van der Waals surface area (Å²) in [5.41, 5.74) is 3.48. The molecular weight excluding hydrogens is 430 g/mol. The summed E-state index contributed by atoms with van der Waals surface area (Å²) >= 11 is 5.42. The molecule has 4 aromatic rings. The molecule has 1 amide bonds. The van der Waals surface area contributed by atoms with Crippen molar-refractivity contribution in [2.75, 3.05) is 10.6 Å². The van der Waals surface area contributed by atoms with E-state index in [0.717, 1.165) is 22.0 Å². The minimum atomic E-state index is -0.263. The van der Waals surface area contributed by atoms with Crippen molar-refractivity contribution in [3.63, 3.8) is 0 Å². The summed E-state index contributed by atoms with van der Waals surface area (Å²) < 4.78 is 0. The molecule has 162 valence electrons. The van der Waals surface area contributed by atoms with Crippen molar-refractivity contribution in [2.45, 2.75) is 13.0 Å². The van der Waals surface area contributed by atoms with Crippen molar-refractivity contribution in [1.82, 2.24) is 10.3 Å². The molecule has 1 heterocycles. The molecule has 0 fully saturated rings. The molecule has 3 aromatic carbocycles. The highest BCUT2D eigenvalue weighted by atomic mass is 32.1. The van der Waals surface area contributed by atoms with Gasteiger partial charge in [-0.15, -0.1) is 0 Å². The van der Waals surface area contributed by atoms with E-state index in [2.05, 4.69) is 27.0 Å². The maximum absolute atomic E-state index is 12.7. The van der Waals surface area contributed by atoms with Crippen LogP contribution in [0.25, 0.3) is 10.8 Å². The van der Waals surface area contributed by atoms with Gasteiger partial charge in [0.2, 0.25) is 0 Å². The average molecular weight is 452 g/mol. The number of rotatable bonds is 5. The van der Waals surface area contributed by atoms with Crippen molar-refractivity contribution in [1.29, 1.82) is 5.26 Å². The molecule has 0 aliphatic heterocycles. The van der Waals surface area contributed by atoms with E-state index in [9.17, 15) is 4.79 Å². The summed E-state index contributed by atoms with van der Waals surface area (Å²) in [6.45, 7) is 2.00. The fourth-order valence-electron chi connectivity index (χ4n) is 3.42. The molecule has 3 N–H and O–H groups in total. The molecule has 0 bridgehead atoms. The molecule has 0 saturated heterocycles. The number of aromatic nitrogens is 1. The Balaban J connectivity index is 1.36. The van der Waals surface area contributed by atoms with Gasteiger partial charge >= 0.3 is 0 Å². The zero-order chi connectivity index (χ0) is 23.2. The fraction of sp³-hybridized carbons (Fsp3) is 0.0769. The van der Waals surface area contributed by atoms with Crippen LogP contribution >= 0.6 is 12.2 Å². The molecule has 0 aliphatic rings. The van der Waals surface area contributed by atoms with Gasteiger partial charge in [-0.2, -0.15) is 5.26 Å². The Morgan fingerprint density at radius 2 is 1.61 bits per heavy atom. The van der Waals surface area contributed by atoms with Crippen LogP contribution in [0.5, 0.6) is 0 Å². The van der Waals surface area contributed by atoms with Crippen LogP contribution in [0.2, 0.25) is 0 Å². The highest BCUT2D eigenvalue weighted by Gasteiger charge is 2.12. The summed E-state index contributed by atoms with van der Waals surface area (Å²) in [7, 11) is 0. The van der Waals surface area contributed by atoms with Gasteiger partial charge in [-0.3, -0.25) is 9.78 Å². The van der Waals surface area contributed by atoms with E-state index in [1.807, 2.05) is 61.5 Å². The predicted octanol–water partition coefficient (Wildman–Crippen LogP) is 5.41. The maximum Gasteiger partial charge on any atom is 0.274 e. The standard InChI is InChI=1S/C26H21N5OS/c1-17(19-8-6-18(16-27)7-9-19)29-26(33)31-22-12-10-21(11-13-22)30-25(32)24-23-5-3-2-4-20(23)14-15-28-24/h2-15,17H,1H3,(H,30,32)(H2,29,31,33). The minimum absolute atomic E-state index is 0.0236. The first-order chi connectivity index (χ1) is 16.0. The van der Waals surface area contributed by atoms with Gasteiger partial charge in [-0.1, -0.05) is 36.4 Å². The number of thiocarbonyl (C=S) groups is 1. The van der Waals surface area contributed by atoms with E-state index in [-0.39, 0.29) is 11.9 Å². The zero-order valence-electron chi connectivity index (χ0n) is 17.9. The van der Waals surface area contributed by atoms with Gasteiger partial charge in [-0.25, -0.2) is 0 Å². The first-order valence-electron chi connectivity index (χ1n) is 10.4. The van der Waals surface area contributed by atoms with E-state index in [4.69, 9.17) is 17.5 Å². The summed E-state index contributed by atoms with van der Waals surface area (Å²) in [4.78, 5) is 17.0. The van der Waals surface area contributed by atoms with Gasteiger partial charge < -0.3 is 16.0 Å². The molecule has 1 unspecified atom stereocenters. The number of nitrogens with one attached hydrogen (secondary N) is 3. The smallest absolute Gasteiger partial charge is 0.274 e. The van der Waals surface area contributed by atoms with Crippen LogP contribution in [-0.2, 0) is 0 Å². The van der Waals surface area contributed by atoms with Gasteiger partial charge in [0, 0.05) is 23.0 Å². The Hall–Kier alpha value is -4.28. The molecule has 0 spiro atoms. The Labute approximate surface area is 197 Å². The molecule has 6 nitrogen and oxygen atoms in total. The van der Waals surface area contributed by atoms with Gasteiger partial charge in [0.25, 0.3) is 5.91 Å². The molecule has 1 aromatic heterocycles. The van der Waals surface area contributed by atoms with E-state index in [0.29, 0.717) is 22.1 Å². The highest BCUT2D eigenvalue weighted by Crippen LogP contribution is 2.19. The molecule has 4 rings (SSSR count). The average Bonchev–Trinajstić information content (AvgIpc) is 2.84. The van der Waals surface area contributed by atoms with E-state index in [1.165, 1.54) is 0 Å². The van der Waals surface area contributed by atoms with Crippen molar-refractivity contribution < 1.29 is 4.79 Å². The van der Waals surface area contributed by atoms with Crippen LogP contribution in [0, 0.1) is 11.3 Å². The lowest BCUT2D eigenvalue weighted by atomic mass is 10.1. The van der Waals surface area contributed by atoms with Crippen molar-refractivity contribution in [2.24, 2.45) is 0 Å². The van der Waals surface area contributed by atoms with Crippen molar-refractivity contribution >= 4 is 45.4 Å². The number of pyridine rings is 1. The van der Waals surface area contributed by atoms with E-state index >= 15 is 0 Å². The number of anilines is 2. The van der Waals surface area contributed by atoms with E-state index in [1.54, 1.807) is 30.5 Å². The quantitative estimate of drug-likeness (QED) is 0.352. The Morgan fingerprint density at radius 1 is 0.939 bits per heavy atom. The number of amides is 1. The van der Waals surface area contributed by atoms with Crippen molar-refractivity contribution in [3.05, 3.63) is 102 Å². The third-order valence-corrected chi connectivity index (χ3v) is 5.40. The molecule has 0 radical (unpaired) electrons. The lowest BCUT2D eigenvalue weighted by Gasteiger charge is -2.17. The second-order valence-corrected chi connectivity index (χ2v) is 7.87. The molecule has 0 saturated carbocycles. The number of carbonyl (C=O) groups excluding carboxylic acids is 1. The molecule has 7 heteroatoms. The number of benzene rings is 3. The van der Waals surface area contributed by atoms with Crippen molar-refractivity contribution in [3.8, 4) is 6.07 Å². The third-order valence-electron chi connectivity index (χ3n) is 5.18. The summed E-state index contributed by atoms with van der Waals surface area (Å²) in [6.07, 6.45) is 1.64. The topological polar surface area (TPSA) is 89.8 Å².